The van der Waals surface area contributed by atoms with Crippen molar-refractivity contribution in [2.45, 2.75) is 59.0 Å². The lowest BCUT2D eigenvalue weighted by atomic mass is 9.46. The van der Waals surface area contributed by atoms with Crippen molar-refractivity contribution in [2.24, 2.45) is 22.7 Å². The van der Waals surface area contributed by atoms with Crippen LogP contribution >= 0.6 is 0 Å². The van der Waals surface area contributed by atoms with Gasteiger partial charge in [0.2, 0.25) is 0 Å². The molecule has 4 nitrogen and oxygen atoms in total. The summed E-state index contributed by atoms with van der Waals surface area (Å²) in [6.07, 6.45) is 8.73. The maximum atomic E-state index is 12.3. The lowest BCUT2D eigenvalue weighted by molar-refractivity contribution is -0.148. The zero-order chi connectivity index (χ0) is 17.1. The molecule has 0 aromatic heterocycles. The molecule has 2 aliphatic heterocycles. The van der Waals surface area contributed by atoms with E-state index in [4.69, 9.17) is 9.47 Å². The third-order valence-corrected chi connectivity index (χ3v) is 7.44. The highest BCUT2D eigenvalue weighted by Crippen LogP contribution is 2.65. The number of hydrogen-bond acceptors (Lipinski definition) is 4. The van der Waals surface area contributed by atoms with Crippen molar-refractivity contribution >= 4 is 11.9 Å². The third-order valence-electron chi connectivity index (χ3n) is 7.44. The van der Waals surface area contributed by atoms with Crippen LogP contribution in [0.3, 0.4) is 0 Å². The van der Waals surface area contributed by atoms with Gasteiger partial charge in [0.15, 0.2) is 0 Å². The predicted molar refractivity (Wildman–Crippen MR) is 89.0 cm³/mol. The molecule has 0 unspecified atom stereocenters. The van der Waals surface area contributed by atoms with Gasteiger partial charge >= 0.3 is 11.9 Å². The first kappa shape index (κ1) is 15.9. The van der Waals surface area contributed by atoms with Crippen LogP contribution in [0.25, 0.3) is 0 Å². The summed E-state index contributed by atoms with van der Waals surface area (Å²) in [5, 5.41) is 0. The zero-order valence-corrected chi connectivity index (χ0v) is 14.8. The maximum absolute atomic E-state index is 12.3. The molecule has 4 heteroatoms. The smallest absolute Gasteiger partial charge is 0.334 e. The molecule has 2 fully saturated rings. The maximum Gasteiger partial charge on any atom is 0.334 e. The molecule has 4 aliphatic rings. The molecular weight excluding hydrogens is 304 g/mol. The highest BCUT2D eigenvalue weighted by atomic mass is 16.6. The first-order chi connectivity index (χ1) is 11.4. The summed E-state index contributed by atoms with van der Waals surface area (Å²) >= 11 is 0. The van der Waals surface area contributed by atoms with Crippen LogP contribution < -0.4 is 0 Å². The van der Waals surface area contributed by atoms with Crippen molar-refractivity contribution < 1.29 is 19.1 Å². The van der Waals surface area contributed by atoms with Gasteiger partial charge < -0.3 is 9.47 Å². The van der Waals surface area contributed by atoms with Crippen molar-refractivity contribution in [1.82, 2.24) is 0 Å². The summed E-state index contributed by atoms with van der Waals surface area (Å²) in [7, 11) is 0. The van der Waals surface area contributed by atoms with Crippen molar-refractivity contribution in [3.05, 3.63) is 23.3 Å². The normalized spacial score (nSPS) is 43.7. The fourth-order valence-electron chi connectivity index (χ4n) is 5.77. The molecule has 0 amide bonds. The summed E-state index contributed by atoms with van der Waals surface area (Å²) in [5.74, 6) is 0.631. The Morgan fingerprint density at radius 3 is 2.79 bits per heavy atom. The monoisotopic (exact) mass is 330 g/mol. The van der Waals surface area contributed by atoms with Gasteiger partial charge in [-0.3, -0.25) is 0 Å². The van der Waals surface area contributed by atoms with E-state index in [9.17, 15) is 9.59 Å². The van der Waals surface area contributed by atoms with E-state index >= 15 is 0 Å². The predicted octanol–water partition coefficient (Wildman–Crippen LogP) is 3.56. The molecule has 4 rings (SSSR count). The minimum Gasteiger partial charge on any atom is -0.458 e. The lowest BCUT2D eigenvalue weighted by Gasteiger charge is -2.57. The van der Waals surface area contributed by atoms with Crippen LogP contribution in [0.5, 0.6) is 0 Å². The lowest BCUT2D eigenvalue weighted by Crippen LogP contribution is -2.54. The van der Waals surface area contributed by atoms with E-state index in [0.29, 0.717) is 18.4 Å². The molecule has 0 aromatic rings. The van der Waals surface area contributed by atoms with Crippen LogP contribution in [0.1, 0.15) is 52.9 Å². The summed E-state index contributed by atoms with van der Waals surface area (Å²) in [5.41, 5.74) is 2.02. The Morgan fingerprint density at radius 1 is 1.29 bits per heavy atom. The van der Waals surface area contributed by atoms with Gasteiger partial charge in [-0.25, -0.2) is 9.59 Å². The van der Waals surface area contributed by atoms with E-state index in [1.165, 1.54) is 0 Å². The number of rotatable bonds is 3. The molecule has 24 heavy (non-hydrogen) atoms. The van der Waals surface area contributed by atoms with E-state index in [2.05, 4.69) is 26.8 Å². The second-order valence-corrected chi connectivity index (χ2v) is 8.48. The molecule has 5 atom stereocenters. The molecule has 0 bridgehead atoms. The SMILES string of the molecule is C[C@H]1C[C@H]2OC(=O)C3=CCC[C@@H]([C@]1(C)CCC1=CC(=O)OC1)[C@]32C. The standard InChI is InChI=1S/C20H26O4/c1-12-9-16-20(3)14(18(22)24-16)5-4-6-15(20)19(12,2)8-7-13-10-17(21)23-11-13/h5,10,12,15-16H,4,6-9,11H2,1-3H3/t12-,15-,16+,19+,20-/m0/s1. The summed E-state index contributed by atoms with van der Waals surface area (Å²) in [4.78, 5) is 23.6. The minimum absolute atomic E-state index is 0.0280. The van der Waals surface area contributed by atoms with Crippen LogP contribution in [0.15, 0.2) is 23.3 Å². The minimum atomic E-state index is -0.212. The molecular formula is C20H26O4. The van der Waals surface area contributed by atoms with E-state index in [1.807, 2.05) is 0 Å². The Morgan fingerprint density at radius 2 is 2.08 bits per heavy atom. The molecule has 2 heterocycles. The number of carbonyl (C=O) groups is 2. The summed E-state index contributed by atoms with van der Waals surface area (Å²) < 4.78 is 10.8. The van der Waals surface area contributed by atoms with Gasteiger partial charge in [0.25, 0.3) is 0 Å². The Hall–Kier alpha value is -1.58. The first-order valence-corrected chi connectivity index (χ1v) is 9.13. The van der Waals surface area contributed by atoms with Gasteiger partial charge in [-0.05, 0) is 54.9 Å². The fourth-order valence-corrected chi connectivity index (χ4v) is 5.77. The number of carbonyl (C=O) groups excluding carboxylic acids is 2. The van der Waals surface area contributed by atoms with Crippen molar-refractivity contribution in [3.63, 3.8) is 0 Å². The molecule has 0 N–H and O–H groups in total. The molecule has 2 aliphatic carbocycles. The number of allylic oxidation sites excluding steroid dienone is 1. The zero-order valence-electron chi connectivity index (χ0n) is 14.8. The molecule has 130 valence electrons. The van der Waals surface area contributed by atoms with Gasteiger partial charge in [0, 0.05) is 17.1 Å². The highest BCUT2D eigenvalue weighted by Gasteiger charge is 2.64. The molecule has 1 saturated heterocycles. The second kappa shape index (κ2) is 5.21. The molecule has 0 aromatic carbocycles. The average molecular weight is 330 g/mol. The summed E-state index contributed by atoms with van der Waals surface area (Å²) in [6.45, 7) is 7.37. The van der Waals surface area contributed by atoms with Crippen molar-refractivity contribution in [2.75, 3.05) is 6.61 Å². The van der Waals surface area contributed by atoms with Crippen LogP contribution in [-0.2, 0) is 19.1 Å². The second-order valence-electron chi connectivity index (χ2n) is 8.48. The van der Waals surface area contributed by atoms with Crippen LogP contribution in [0, 0.1) is 22.7 Å². The quantitative estimate of drug-likeness (QED) is 0.743. The molecule has 1 saturated carbocycles. The molecule has 0 radical (unpaired) electrons. The van der Waals surface area contributed by atoms with E-state index in [1.54, 1.807) is 6.08 Å². The van der Waals surface area contributed by atoms with Gasteiger partial charge in [0.05, 0.1) is 0 Å². The number of hydrogen-bond donors (Lipinski definition) is 0. The van der Waals surface area contributed by atoms with Gasteiger partial charge in [-0.1, -0.05) is 26.8 Å². The molecule has 0 spiro atoms. The Balaban J connectivity index is 1.63. The largest absolute Gasteiger partial charge is 0.458 e. The first-order valence-electron chi connectivity index (χ1n) is 9.13. The Labute approximate surface area is 143 Å². The third kappa shape index (κ3) is 2.04. The van der Waals surface area contributed by atoms with Gasteiger partial charge in [-0.15, -0.1) is 0 Å². The average Bonchev–Trinajstić information content (AvgIpc) is 3.06. The van der Waals surface area contributed by atoms with E-state index < -0.39 is 0 Å². The Bertz CT molecular complexity index is 661. The topological polar surface area (TPSA) is 52.6 Å². The summed E-state index contributed by atoms with van der Waals surface area (Å²) in [6, 6.07) is 0. The highest BCUT2D eigenvalue weighted by molar-refractivity contribution is 5.93. The van der Waals surface area contributed by atoms with Crippen molar-refractivity contribution in [3.8, 4) is 0 Å². The number of ether oxygens (including phenoxy) is 2. The number of cyclic esters (lactones) is 1. The fraction of sp³-hybridized carbons (Fsp3) is 0.700. The number of esters is 2. The van der Waals surface area contributed by atoms with E-state index in [0.717, 1.165) is 43.3 Å². The van der Waals surface area contributed by atoms with Gasteiger partial charge in [0.1, 0.15) is 12.7 Å². The van der Waals surface area contributed by atoms with Crippen LogP contribution in [0.4, 0.5) is 0 Å². The van der Waals surface area contributed by atoms with Crippen molar-refractivity contribution in [1.29, 1.82) is 0 Å². The van der Waals surface area contributed by atoms with E-state index in [-0.39, 0.29) is 28.9 Å². The van der Waals surface area contributed by atoms with Gasteiger partial charge in [-0.2, -0.15) is 0 Å². The van der Waals surface area contributed by atoms with Crippen LogP contribution in [0.2, 0.25) is 0 Å². The van der Waals surface area contributed by atoms with Crippen LogP contribution in [-0.4, -0.2) is 24.6 Å². The Kier molecular flexibility index (Phi) is 3.45.